The van der Waals surface area contributed by atoms with Gasteiger partial charge in [-0.2, -0.15) is 0 Å². The molecule has 0 atom stereocenters. The van der Waals surface area contributed by atoms with Gasteiger partial charge in [0.15, 0.2) is 0 Å². The van der Waals surface area contributed by atoms with Gasteiger partial charge in [0.05, 0.1) is 17.1 Å². The lowest BCUT2D eigenvalue weighted by atomic mass is 10.1. The maximum Gasteiger partial charge on any atom is 0.0871 e. The standard InChI is InChI=1S/C27H21N2P/c1-3-11-21(12-4-1)30(22-13-5-2-6-14-22)27-19-8-7-15-23(27)24-16-9-17-26(29-24)25-18-10-20-28-25/h1-20,28H. The van der Waals surface area contributed by atoms with Crippen LogP contribution in [-0.2, 0) is 0 Å². The summed E-state index contributed by atoms with van der Waals surface area (Å²) in [6.45, 7) is 0. The molecular formula is C27H21N2P. The molecule has 0 aliphatic carbocycles. The predicted octanol–water partition coefficient (Wildman–Crippen LogP) is 5.50. The first-order valence-electron chi connectivity index (χ1n) is 10.0. The molecule has 2 nitrogen and oxygen atoms in total. The Hall–Kier alpha value is -3.48. The van der Waals surface area contributed by atoms with Crippen molar-refractivity contribution in [3.8, 4) is 22.6 Å². The van der Waals surface area contributed by atoms with E-state index in [1.807, 2.05) is 12.3 Å². The molecule has 0 aliphatic rings. The number of nitrogens with zero attached hydrogens (tertiary/aromatic N) is 1. The zero-order valence-corrected chi connectivity index (χ0v) is 17.3. The van der Waals surface area contributed by atoms with Crippen LogP contribution in [0.3, 0.4) is 0 Å². The summed E-state index contributed by atoms with van der Waals surface area (Å²) in [5.41, 5.74) is 4.17. The van der Waals surface area contributed by atoms with Gasteiger partial charge in [0.25, 0.3) is 0 Å². The van der Waals surface area contributed by atoms with E-state index in [-0.39, 0.29) is 0 Å². The third-order valence-corrected chi connectivity index (χ3v) is 7.57. The molecule has 2 aromatic heterocycles. The first kappa shape index (κ1) is 18.5. The van der Waals surface area contributed by atoms with Crippen LogP contribution in [-0.4, -0.2) is 9.97 Å². The molecule has 1 N–H and O–H groups in total. The number of hydrogen-bond acceptors (Lipinski definition) is 1. The zero-order valence-electron chi connectivity index (χ0n) is 16.4. The average molecular weight is 404 g/mol. The monoisotopic (exact) mass is 404 g/mol. The molecule has 0 radical (unpaired) electrons. The highest BCUT2D eigenvalue weighted by Gasteiger charge is 2.20. The maximum absolute atomic E-state index is 4.99. The Kier molecular flexibility index (Phi) is 5.25. The summed E-state index contributed by atoms with van der Waals surface area (Å²) >= 11 is 0. The van der Waals surface area contributed by atoms with Crippen LogP contribution < -0.4 is 15.9 Å². The van der Waals surface area contributed by atoms with Gasteiger partial charge in [0.1, 0.15) is 0 Å². The number of aromatic nitrogens is 2. The topological polar surface area (TPSA) is 28.7 Å². The van der Waals surface area contributed by atoms with Crippen molar-refractivity contribution in [2.75, 3.05) is 0 Å². The molecule has 2 heterocycles. The summed E-state index contributed by atoms with van der Waals surface area (Å²) < 4.78 is 0. The van der Waals surface area contributed by atoms with E-state index in [0.29, 0.717) is 0 Å². The number of hydrogen-bond donors (Lipinski definition) is 1. The van der Waals surface area contributed by atoms with Gasteiger partial charge in [-0.25, -0.2) is 4.98 Å². The van der Waals surface area contributed by atoms with Crippen molar-refractivity contribution in [2.45, 2.75) is 0 Å². The van der Waals surface area contributed by atoms with Crippen LogP contribution in [0.1, 0.15) is 0 Å². The van der Waals surface area contributed by atoms with Gasteiger partial charge >= 0.3 is 0 Å². The van der Waals surface area contributed by atoms with Crippen LogP contribution in [0.2, 0.25) is 0 Å². The van der Waals surface area contributed by atoms with E-state index >= 15 is 0 Å². The van der Waals surface area contributed by atoms with E-state index in [9.17, 15) is 0 Å². The van der Waals surface area contributed by atoms with Crippen molar-refractivity contribution in [1.29, 1.82) is 0 Å². The smallest absolute Gasteiger partial charge is 0.0871 e. The number of pyridine rings is 1. The van der Waals surface area contributed by atoms with Crippen molar-refractivity contribution in [1.82, 2.24) is 9.97 Å². The Balaban J connectivity index is 1.68. The molecule has 0 bridgehead atoms. The molecule has 3 heteroatoms. The van der Waals surface area contributed by atoms with E-state index in [1.54, 1.807) is 0 Å². The highest BCUT2D eigenvalue weighted by molar-refractivity contribution is 7.80. The van der Waals surface area contributed by atoms with Gasteiger partial charge in [-0.15, -0.1) is 0 Å². The van der Waals surface area contributed by atoms with E-state index in [2.05, 4.69) is 114 Å². The highest BCUT2D eigenvalue weighted by atomic mass is 31.1. The van der Waals surface area contributed by atoms with Crippen LogP contribution in [0.15, 0.2) is 121 Å². The van der Waals surface area contributed by atoms with Gasteiger partial charge in [-0.05, 0) is 48.1 Å². The Morgan fingerprint density at radius 2 is 1.17 bits per heavy atom. The lowest BCUT2D eigenvalue weighted by Gasteiger charge is -2.22. The second-order valence-electron chi connectivity index (χ2n) is 7.02. The average Bonchev–Trinajstić information content (AvgIpc) is 3.36. The molecule has 5 aromatic rings. The molecule has 0 saturated carbocycles. The lowest BCUT2D eigenvalue weighted by molar-refractivity contribution is 1.28. The number of benzene rings is 3. The van der Waals surface area contributed by atoms with E-state index < -0.39 is 7.92 Å². The molecular weight excluding hydrogens is 383 g/mol. The van der Waals surface area contributed by atoms with Crippen LogP contribution in [0.5, 0.6) is 0 Å². The first-order chi connectivity index (χ1) is 14.9. The zero-order chi connectivity index (χ0) is 20.2. The summed E-state index contributed by atoms with van der Waals surface area (Å²) in [7, 11) is -0.693. The predicted molar refractivity (Wildman–Crippen MR) is 128 cm³/mol. The number of rotatable bonds is 5. The van der Waals surface area contributed by atoms with Crippen LogP contribution >= 0.6 is 7.92 Å². The largest absolute Gasteiger partial charge is 0.360 e. The molecule has 0 spiro atoms. The molecule has 0 saturated heterocycles. The second kappa shape index (κ2) is 8.49. The van der Waals surface area contributed by atoms with Crippen molar-refractivity contribution >= 4 is 23.8 Å². The van der Waals surface area contributed by atoms with E-state index in [1.165, 1.54) is 21.5 Å². The third kappa shape index (κ3) is 3.70. The SMILES string of the molecule is c1ccc(P(c2ccccc2)c2ccccc2-c2cccc(-c3ccc[nH]3)n2)cc1. The molecule has 0 unspecified atom stereocenters. The quantitative estimate of drug-likeness (QED) is 0.385. The van der Waals surface area contributed by atoms with Gasteiger partial charge in [0, 0.05) is 11.8 Å². The van der Waals surface area contributed by atoms with Crippen molar-refractivity contribution in [3.05, 3.63) is 121 Å². The summed E-state index contributed by atoms with van der Waals surface area (Å²) in [6, 6.07) is 40.6. The summed E-state index contributed by atoms with van der Waals surface area (Å²) in [5, 5.41) is 4.00. The minimum absolute atomic E-state index is 0.693. The number of nitrogens with one attached hydrogen (secondary N) is 1. The van der Waals surface area contributed by atoms with Crippen LogP contribution in [0.25, 0.3) is 22.6 Å². The molecule has 0 aliphatic heterocycles. The Bertz CT molecular complexity index is 1190. The minimum Gasteiger partial charge on any atom is -0.360 e. The van der Waals surface area contributed by atoms with Gasteiger partial charge < -0.3 is 4.98 Å². The van der Waals surface area contributed by atoms with E-state index in [4.69, 9.17) is 4.98 Å². The van der Waals surface area contributed by atoms with Crippen LogP contribution in [0, 0.1) is 0 Å². The summed E-state index contributed by atoms with van der Waals surface area (Å²) in [5.74, 6) is 0. The fourth-order valence-corrected chi connectivity index (χ4v) is 6.15. The fraction of sp³-hybridized carbons (Fsp3) is 0. The highest BCUT2D eigenvalue weighted by Crippen LogP contribution is 2.36. The van der Waals surface area contributed by atoms with Crippen LogP contribution in [0.4, 0.5) is 0 Å². The van der Waals surface area contributed by atoms with Crippen molar-refractivity contribution < 1.29 is 0 Å². The maximum atomic E-state index is 4.99. The molecule has 144 valence electrons. The molecule has 5 rings (SSSR count). The fourth-order valence-electron chi connectivity index (χ4n) is 3.69. The Morgan fingerprint density at radius 1 is 0.533 bits per heavy atom. The van der Waals surface area contributed by atoms with E-state index in [0.717, 1.165) is 17.1 Å². The Morgan fingerprint density at radius 3 is 1.83 bits per heavy atom. The second-order valence-corrected chi connectivity index (χ2v) is 9.20. The van der Waals surface area contributed by atoms with Gasteiger partial charge in [-0.1, -0.05) is 91.0 Å². The molecule has 0 fully saturated rings. The van der Waals surface area contributed by atoms with Crippen molar-refractivity contribution in [2.24, 2.45) is 0 Å². The van der Waals surface area contributed by atoms with Gasteiger partial charge in [-0.3, -0.25) is 0 Å². The minimum atomic E-state index is -0.693. The van der Waals surface area contributed by atoms with Gasteiger partial charge in [0.2, 0.25) is 0 Å². The number of H-pyrrole nitrogens is 1. The summed E-state index contributed by atoms with van der Waals surface area (Å²) in [4.78, 5) is 8.26. The molecule has 3 aromatic carbocycles. The first-order valence-corrected chi connectivity index (χ1v) is 11.3. The Labute approximate surface area is 178 Å². The summed E-state index contributed by atoms with van der Waals surface area (Å²) in [6.07, 6.45) is 1.93. The molecule has 0 amide bonds. The molecule has 30 heavy (non-hydrogen) atoms. The normalized spacial score (nSPS) is 11.0. The number of aromatic amines is 1. The third-order valence-electron chi connectivity index (χ3n) is 5.07. The van der Waals surface area contributed by atoms with Crippen molar-refractivity contribution in [3.63, 3.8) is 0 Å². The lowest BCUT2D eigenvalue weighted by Crippen LogP contribution is -2.22.